The number of hydrogen-bond acceptors (Lipinski definition) is 3. The highest BCUT2D eigenvalue weighted by molar-refractivity contribution is 6.18. The molecule has 2 amide bonds. The van der Waals surface area contributed by atoms with E-state index < -0.39 is 0 Å². The Bertz CT molecular complexity index is 747. The van der Waals surface area contributed by atoms with E-state index >= 15 is 0 Å². The van der Waals surface area contributed by atoms with E-state index in [-0.39, 0.29) is 12.1 Å². The Morgan fingerprint density at radius 1 is 1.28 bits per heavy atom. The molecule has 1 N–H and O–H groups in total. The van der Waals surface area contributed by atoms with E-state index in [9.17, 15) is 4.79 Å². The molecule has 1 aliphatic rings. The van der Waals surface area contributed by atoms with Crippen molar-refractivity contribution >= 4 is 17.6 Å². The molecule has 134 valence electrons. The van der Waals surface area contributed by atoms with Gasteiger partial charge in [-0.25, -0.2) is 4.79 Å². The number of amides is 2. The van der Waals surface area contributed by atoms with Crippen LogP contribution in [-0.4, -0.2) is 48.7 Å². The van der Waals surface area contributed by atoms with E-state index in [1.54, 1.807) is 14.2 Å². The van der Waals surface area contributed by atoms with Crippen molar-refractivity contribution in [3.05, 3.63) is 47.8 Å². The number of rotatable bonds is 5. The first-order chi connectivity index (χ1) is 12.2. The normalized spacial score (nSPS) is 16.3. The predicted molar refractivity (Wildman–Crippen MR) is 96.6 cm³/mol. The number of hydrogen-bond donors (Lipinski definition) is 1. The molecule has 3 rings (SSSR count). The van der Waals surface area contributed by atoms with Gasteiger partial charge in [0.05, 0.1) is 14.2 Å². The zero-order valence-electron chi connectivity index (χ0n) is 14.4. The van der Waals surface area contributed by atoms with Gasteiger partial charge in [-0.3, -0.25) is 0 Å². The first-order valence-electron chi connectivity index (χ1n) is 8.17. The van der Waals surface area contributed by atoms with Crippen LogP contribution in [0.2, 0.25) is 0 Å². The number of urea groups is 1. The third-order valence-electron chi connectivity index (χ3n) is 4.40. The topological polar surface area (TPSA) is 55.7 Å². The molecule has 2 heterocycles. The quantitative estimate of drug-likeness (QED) is 0.831. The van der Waals surface area contributed by atoms with Crippen LogP contribution in [0.3, 0.4) is 0 Å². The van der Waals surface area contributed by atoms with Crippen LogP contribution in [-0.2, 0) is 6.54 Å². The van der Waals surface area contributed by atoms with Gasteiger partial charge in [0.2, 0.25) is 0 Å². The molecule has 1 unspecified atom stereocenters. The van der Waals surface area contributed by atoms with Crippen molar-refractivity contribution < 1.29 is 14.3 Å². The minimum atomic E-state index is -0.260. The molecule has 6 nitrogen and oxygen atoms in total. The molecule has 0 bridgehead atoms. The molecule has 1 aromatic carbocycles. The SMILES string of the molecule is COc1ccc(OC)c(C2c3cccn3CCN2C(=O)NCCCl)c1. The zero-order valence-corrected chi connectivity index (χ0v) is 15.1. The first-order valence-corrected chi connectivity index (χ1v) is 8.70. The zero-order chi connectivity index (χ0) is 17.8. The minimum absolute atomic E-state index is 0.136. The lowest BCUT2D eigenvalue weighted by Gasteiger charge is -2.37. The molecule has 25 heavy (non-hydrogen) atoms. The van der Waals surface area contributed by atoms with Crippen LogP contribution in [0, 0.1) is 0 Å². The van der Waals surface area contributed by atoms with E-state index in [0.717, 1.165) is 29.3 Å². The average molecular weight is 364 g/mol. The number of carbonyl (C=O) groups excluding carboxylic acids is 1. The highest BCUT2D eigenvalue weighted by atomic mass is 35.5. The van der Waals surface area contributed by atoms with E-state index in [1.807, 2.05) is 41.4 Å². The number of halogens is 1. The first kappa shape index (κ1) is 17.5. The number of methoxy groups -OCH3 is 2. The van der Waals surface area contributed by atoms with Gasteiger partial charge in [-0.1, -0.05) is 0 Å². The number of benzene rings is 1. The summed E-state index contributed by atoms with van der Waals surface area (Å²) in [6, 6.07) is 9.27. The summed E-state index contributed by atoms with van der Waals surface area (Å²) < 4.78 is 13.1. The van der Waals surface area contributed by atoms with Crippen LogP contribution in [0.15, 0.2) is 36.5 Å². The highest BCUT2D eigenvalue weighted by Gasteiger charge is 2.34. The lowest BCUT2D eigenvalue weighted by molar-refractivity contribution is 0.168. The maximum atomic E-state index is 12.7. The van der Waals surface area contributed by atoms with E-state index in [4.69, 9.17) is 21.1 Å². The summed E-state index contributed by atoms with van der Waals surface area (Å²) in [5, 5.41) is 2.86. The standard InChI is InChI=1S/C18H22ClN3O3/c1-24-13-5-6-16(25-2)14(12-13)17-15-4-3-9-21(15)10-11-22(17)18(23)20-8-7-19/h3-6,9,12,17H,7-8,10-11H2,1-2H3,(H,20,23). The lowest BCUT2D eigenvalue weighted by Crippen LogP contribution is -2.47. The van der Waals surface area contributed by atoms with Gasteiger partial charge in [-0.05, 0) is 30.3 Å². The van der Waals surface area contributed by atoms with Crippen molar-refractivity contribution in [1.82, 2.24) is 14.8 Å². The number of aromatic nitrogens is 1. The fraction of sp³-hybridized carbons (Fsp3) is 0.389. The molecular weight excluding hydrogens is 342 g/mol. The molecule has 0 spiro atoms. The summed E-state index contributed by atoms with van der Waals surface area (Å²) in [5.41, 5.74) is 1.93. The number of alkyl halides is 1. The summed E-state index contributed by atoms with van der Waals surface area (Å²) >= 11 is 5.71. The molecule has 1 aromatic heterocycles. The van der Waals surface area contributed by atoms with Gasteiger partial charge in [0.1, 0.15) is 17.5 Å². The van der Waals surface area contributed by atoms with E-state index in [1.165, 1.54) is 0 Å². The van der Waals surface area contributed by atoms with Gasteiger partial charge >= 0.3 is 6.03 Å². The van der Waals surface area contributed by atoms with Crippen LogP contribution >= 0.6 is 11.6 Å². The van der Waals surface area contributed by atoms with Gasteiger partial charge in [0.25, 0.3) is 0 Å². The molecule has 0 radical (unpaired) electrons. The third kappa shape index (κ3) is 3.39. The van der Waals surface area contributed by atoms with E-state index in [0.29, 0.717) is 19.0 Å². The minimum Gasteiger partial charge on any atom is -0.497 e. The monoisotopic (exact) mass is 363 g/mol. The summed E-state index contributed by atoms with van der Waals surface area (Å²) in [4.78, 5) is 14.5. The largest absolute Gasteiger partial charge is 0.497 e. The molecule has 0 saturated heterocycles. The molecule has 1 aliphatic heterocycles. The van der Waals surface area contributed by atoms with Crippen LogP contribution in [0.25, 0.3) is 0 Å². The van der Waals surface area contributed by atoms with Gasteiger partial charge in [0, 0.05) is 43.0 Å². The Kier molecular flexibility index (Phi) is 5.38. The highest BCUT2D eigenvalue weighted by Crippen LogP contribution is 2.39. The molecule has 0 aliphatic carbocycles. The van der Waals surface area contributed by atoms with Crippen LogP contribution in [0.5, 0.6) is 11.5 Å². The molecule has 7 heteroatoms. The van der Waals surface area contributed by atoms with Gasteiger partial charge in [0.15, 0.2) is 0 Å². The fourth-order valence-electron chi connectivity index (χ4n) is 3.24. The van der Waals surface area contributed by atoms with Gasteiger partial charge in [-0.2, -0.15) is 0 Å². The third-order valence-corrected chi connectivity index (χ3v) is 4.59. The number of nitrogens with one attached hydrogen (secondary N) is 1. The number of fused-ring (bicyclic) bond motifs is 1. The average Bonchev–Trinajstić information content (AvgIpc) is 3.13. The van der Waals surface area contributed by atoms with Crippen molar-refractivity contribution in [3.63, 3.8) is 0 Å². The molecule has 2 aromatic rings. The Morgan fingerprint density at radius 2 is 2.12 bits per heavy atom. The molecular formula is C18H22ClN3O3. The molecule has 0 fully saturated rings. The Hall–Kier alpha value is -2.34. The predicted octanol–water partition coefficient (Wildman–Crippen LogP) is 2.86. The maximum absolute atomic E-state index is 12.7. The molecule has 1 atom stereocenters. The second-order valence-corrected chi connectivity index (χ2v) is 6.13. The Labute approximate surface area is 152 Å². The number of nitrogens with zero attached hydrogens (tertiary/aromatic N) is 2. The molecule has 0 saturated carbocycles. The second kappa shape index (κ2) is 7.70. The fourth-order valence-corrected chi connectivity index (χ4v) is 3.33. The number of ether oxygens (including phenoxy) is 2. The van der Waals surface area contributed by atoms with Crippen molar-refractivity contribution in [1.29, 1.82) is 0 Å². The van der Waals surface area contributed by atoms with Crippen molar-refractivity contribution in [2.75, 3.05) is 33.2 Å². The van der Waals surface area contributed by atoms with Crippen molar-refractivity contribution in [3.8, 4) is 11.5 Å². The van der Waals surface area contributed by atoms with Crippen LogP contribution in [0.4, 0.5) is 4.79 Å². The van der Waals surface area contributed by atoms with Crippen LogP contribution in [0.1, 0.15) is 17.3 Å². The maximum Gasteiger partial charge on any atom is 0.318 e. The van der Waals surface area contributed by atoms with Gasteiger partial charge in [-0.15, -0.1) is 11.6 Å². The Balaban J connectivity index is 2.06. The van der Waals surface area contributed by atoms with Crippen molar-refractivity contribution in [2.45, 2.75) is 12.6 Å². The summed E-state index contributed by atoms with van der Waals surface area (Å²) in [6.07, 6.45) is 2.03. The van der Waals surface area contributed by atoms with Crippen LogP contribution < -0.4 is 14.8 Å². The second-order valence-electron chi connectivity index (χ2n) is 5.75. The summed E-state index contributed by atoms with van der Waals surface area (Å²) in [7, 11) is 3.26. The Morgan fingerprint density at radius 3 is 2.84 bits per heavy atom. The smallest absolute Gasteiger partial charge is 0.318 e. The van der Waals surface area contributed by atoms with Crippen molar-refractivity contribution in [2.24, 2.45) is 0 Å². The lowest BCUT2D eigenvalue weighted by atomic mass is 9.98. The summed E-state index contributed by atoms with van der Waals surface area (Å²) in [5.74, 6) is 1.82. The van der Waals surface area contributed by atoms with E-state index in [2.05, 4.69) is 9.88 Å². The summed E-state index contributed by atoms with van der Waals surface area (Å²) in [6.45, 7) is 1.78. The number of carbonyl (C=O) groups is 1. The van der Waals surface area contributed by atoms with Gasteiger partial charge < -0.3 is 24.3 Å².